The molecule has 0 aromatic carbocycles. The lowest BCUT2D eigenvalue weighted by molar-refractivity contribution is 0.245. The van der Waals surface area contributed by atoms with Crippen molar-refractivity contribution >= 4 is 6.03 Å². The average Bonchev–Trinajstić information content (AvgIpc) is 2.94. The summed E-state index contributed by atoms with van der Waals surface area (Å²) in [7, 11) is 0. The third kappa shape index (κ3) is 2.79. The van der Waals surface area contributed by atoms with Gasteiger partial charge in [0.05, 0.1) is 0 Å². The first kappa shape index (κ1) is 14.9. The number of amides is 2. The van der Waals surface area contributed by atoms with Gasteiger partial charge in [0.25, 0.3) is 0 Å². The Kier molecular flexibility index (Phi) is 5.05. The minimum atomic E-state index is -0.568. The molecule has 2 atom stereocenters. The predicted molar refractivity (Wildman–Crippen MR) is 74.5 cm³/mol. The molecule has 0 saturated heterocycles. The van der Waals surface area contributed by atoms with Crippen LogP contribution in [0.2, 0.25) is 0 Å². The van der Waals surface area contributed by atoms with Crippen molar-refractivity contribution in [3.63, 3.8) is 0 Å². The van der Waals surface area contributed by atoms with E-state index in [0.29, 0.717) is 17.3 Å². The molecule has 1 aliphatic rings. The number of hydrazine groups is 1. The first-order valence-electron chi connectivity index (χ1n) is 7.03. The van der Waals surface area contributed by atoms with Crippen molar-refractivity contribution < 1.29 is 4.79 Å². The van der Waals surface area contributed by atoms with Gasteiger partial charge in [0, 0.05) is 11.6 Å². The summed E-state index contributed by atoms with van der Waals surface area (Å²) in [6, 6.07) is -0.568. The van der Waals surface area contributed by atoms with Crippen molar-refractivity contribution in [1.29, 1.82) is 0 Å². The first-order chi connectivity index (χ1) is 8.53. The molecule has 1 rings (SSSR count). The number of carbonyl (C=O) groups excluding carboxylic acids is 1. The van der Waals surface area contributed by atoms with Gasteiger partial charge in [0.2, 0.25) is 0 Å². The highest BCUT2D eigenvalue weighted by Gasteiger charge is 2.62. The Morgan fingerprint density at radius 3 is 2.17 bits per heavy atom. The summed E-state index contributed by atoms with van der Waals surface area (Å²) in [4.78, 5) is 10.7. The maximum Gasteiger partial charge on any atom is 0.330 e. The van der Waals surface area contributed by atoms with Gasteiger partial charge in [-0.1, -0.05) is 46.6 Å². The van der Waals surface area contributed by atoms with E-state index in [4.69, 9.17) is 5.73 Å². The number of nitrogens with two attached hydrogens (primary N) is 1. The maximum atomic E-state index is 10.7. The maximum absolute atomic E-state index is 10.7. The third-order valence-electron chi connectivity index (χ3n) is 4.24. The molecular weight excluding hydrogens is 226 g/mol. The summed E-state index contributed by atoms with van der Waals surface area (Å²) in [5.41, 5.74) is 11.6. The van der Waals surface area contributed by atoms with Gasteiger partial charge < -0.3 is 11.2 Å². The molecule has 1 fully saturated rings. The molecule has 0 aliphatic heterocycles. The standard InChI is InChI=1S/C14H27N3O/c1-5-8-14(9-6-2)11(7-3)12(14)10(4)16-17-13(15)18/h11-12,16H,4-9H2,1-3H3,(H3,15,17,18)/t11-,12+/m1/s1. The van der Waals surface area contributed by atoms with E-state index in [-0.39, 0.29) is 0 Å². The van der Waals surface area contributed by atoms with Gasteiger partial charge in [-0.25, -0.2) is 4.79 Å². The van der Waals surface area contributed by atoms with E-state index in [2.05, 4.69) is 38.2 Å². The summed E-state index contributed by atoms with van der Waals surface area (Å²) >= 11 is 0. The quantitative estimate of drug-likeness (QED) is 0.582. The molecule has 0 spiro atoms. The van der Waals surface area contributed by atoms with E-state index in [9.17, 15) is 4.79 Å². The molecule has 18 heavy (non-hydrogen) atoms. The van der Waals surface area contributed by atoms with E-state index in [1.54, 1.807) is 0 Å². The zero-order chi connectivity index (χ0) is 13.8. The predicted octanol–water partition coefficient (Wildman–Crippen LogP) is 2.92. The zero-order valence-electron chi connectivity index (χ0n) is 11.9. The van der Waals surface area contributed by atoms with Crippen LogP contribution in [0.1, 0.15) is 52.9 Å². The number of carbonyl (C=O) groups is 1. The SMILES string of the molecule is C=C(NNC(N)=O)[C@H]1[C@@H](CC)C1(CCC)CCC. The van der Waals surface area contributed by atoms with Crippen molar-refractivity contribution in [2.24, 2.45) is 23.0 Å². The minimum absolute atomic E-state index is 0.391. The Balaban J connectivity index is 2.68. The van der Waals surface area contributed by atoms with Gasteiger partial charge in [-0.05, 0) is 24.2 Å². The molecule has 4 heteroatoms. The van der Waals surface area contributed by atoms with Gasteiger partial charge in [0.15, 0.2) is 0 Å². The van der Waals surface area contributed by atoms with Crippen molar-refractivity contribution in [3.05, 3.63) is 12.3 Å². The average molecular weight is 253 g/mol. The van der Waals surface area contributed by atoms with E-state index in [0.717, 1.165) is 5.70 Å². The normalized spacial score (nSPS) is 24.4. The summed E-state index contributed by atoms with van der Waals surface area (Å²) in [6.45, 7) is 10.8. The second-order valence-corrected chi connectivity index (χ2v) is 5.37. The van der Waals surface area contributed by atoms with Gasteiger partial charge in [0.1, 0.15) is 0 Å². The zero-order valence-corrected chi connectivity index (χ0v) is 11.9. The number of nitrogens with one attached hydrogen (secondary N) is 2. The lowest BCUT2D eigenvalue weighted by Gasteiger charge is -2.18. The second kappa shape index (κ2) is 6.12. The molecule has 0 heterocycles. The van der Waals surface area contributed by atoms with E-state index >= 15 is 0 Å². The van der Waals surface area contributed by atoms with E-state index in [1.807, 2.05) is 0 Å². The molecule has 1 aliphatic carbocycles. The third-order valence-corrected chi connectivity index (χ3v) is 4.24. The smallest absolute Gasteiger partial charge is 0.330 e. The highest BCUT2D eigenvalue weighted by molar-refractivity contribution is 5.71. The topological polar surface area (TPSA) is 67.2 Å². The van der Waals surface area contributed by atoms with Crippen LogP contribution in [-0.2, 0) is 0 Å². The number of hydrogen-bond donors (Lipinski definition) is 3. The summed E-state index contributed by atoms with van der Waals surface area (Å²) in [5.74, 6) is 1.15. The Labute approximate surface area is 110 Å². The molecule has 0 aromatic heterocycles. The fourth-order valence-corrected chi connectivity index (χ4v) is 3.77. The minimum Gasteiger partial charge on any atom is -0.350 e. The summed E-state index contributed by atoms with van der Waals surface area (Å²) in [6.07, 6.45) is 6.04. The number of allylic oxidation sites excluding steroid dienone is 1. The summed E-state index contributed by atoms with van der Waals surface area (Å²) in [5, 5.41) is 0. The molecule has 0 unspecified atom stereocenters. The number of urea groups is 1. The van der Waals surface area contributed by atoms with Crippen LogP contribution >= 0.6 is 0 Å². The Hall–Kier alpha value is -1.19. The molecule has 4 nitrogen and oxygen atoms in total. The van der Waals surface area contributed by atoms with Crippen LogP contribution in [0.4, 0.5) is 4.79 Å². The molecule has 104 valence electrons. The van der Waals surface area contributed by atoms with Crippen molar-refractivity contribution in [2.75, 3.05) is 0 Å². The van der Waals surface area contributed by atoms with Gasteiger partial charge in [-0.2, -0.15) is 0 Å². The Bertz CT molecular complexity index is 308. The van der Waals surface area contributed by atoms with Crippen LogP contribution in [0.15, 0.2) is 12.3 Å². The first-order valence-corrected chi connectivity index (χ1v) is 7.03. The fraction of sp³-hybridized carbons (Fsp3) is 0.786. The monoisotopic (exact) mass is 253 g/mol. The lowest BCUT2D eigenvalue weighted by atomic mass is 9.89. The van der Waals surface area contributed by atoms with E-state index < -0.39 is 6.03 Å². The van der Waals surface area contributed by atoms with Crippen LogP contribution in [0.3, 0.4) is 0 Å². The molecule has 1 saturated carbocycles. The van der Waals surface area contributed by atoms with Gasteiger partial charge in [-0.15, -0.1) is 0 Å². The molecule has 4 N–H and O–H groups in total. The van der Waals surface area contributed by atoms with Gasteiger partial charge >= 0.3 is 6.03 Å². The van der Waals surface area contributed by atoms with Crippen LogP contribution < -0.4 is 16.6 Å². The molecule has 0 aromatic rings. The van der Waals surface area contributed by atoms with Crippen molar-refractivity contribution in [1.82, 2.24) is 10.9 Å². The lowest BCUT2D eigenvalue weighted by Crippen LogP contribution is -2.41. The van der Waals surface area contributed by atoms with Crippen LogP contribution in [-0.4, -0.2) is 6.03 Å². The number of primary amides is 1. The molecular formula is C14H27N3O. The highest BCUT2D eigenvalue weighted by atomic mass is 16.2. The van der Waals surface area contributed by atoms with Crippen LogP contribution in [0.5, 0.6) is 0 Å². The van der Waals surface area contributed by atoms with Gasteiger partial charge in [-0.3, -0.25) is 5.43 Å². The van der Waals surface area contributed by atoms with E-state index in [1.165, 1.54) is 32.1 Å². The van der Waals surface area contributed by atoms with Crippen molar-refractivity contribution in [3.8, 4) is 0 Å². The number of hydrogen-bond acceptors (Lipinski definition) is 2. The number of rotatable bonds is 8. The Morgan fingerprint density at radius 2 is 1.78 bits per heavy atom. The Morgan fingerprint density at radius 1 is 1.22 bits per heavy atom. The molecule has 0 radical (unpaired) electrons. The van der Waals surface area contributed by atoms with Crippen LogP contribution in [0.25, 0.3) is 0 Å². The fourth-order valence-electron chi connectivity index (χ4n) is 3.77. The molecule has 2 amide bonds. The summed E-state index contributed by atoms with van der Waals surface area (Å²) < 4.78 is 0. The molecule has 0 bridgehead atoms. The van der Waals surface area contributed by atoms with Crippen LogP contribution in [0, 0.1) is 17.3 Å². The highest BCUT2D eigenvalue weighted by Crippen LogP contribution is 2.67. The largest absolute Gasteiger partial charge is 0.350 e. The second-order valence-electron chi connectivity index (χ2n) is 5.37. The van der Waals surface area contributed by atoms with Crippen molar-refractivity contribution in [2.45, 2.75) is 52.9 Å².